The molecule has 2 N–H and O–H groups in total. The Kier molecular flexibility index (Phi) is 6.45. The van der Waals surface area contributed by atoms with E-state index in [1.54, 1.807) is 35.2 Å². The maximum absolute atomic E-state index is 12.9. The van der Waals surface area contributed by atoms with Gasteiger partial charge in [-0.2, -0.15) is 0 Å². The summed E-state index contributed by atoms with van der Waals surface area (Å²) in [5.74, 6) is 0.558. The molecule has 3 rings (SSSR count). The van der Waals surface area contributed by atoms with Crippen LogP contribution in [0.4, 0.5) is 0 Å². The average Bonchev–Trinajstić information content (AvgIpc) is 2.72. The van der Waals surface area contributed by atoms with Crippen molar-refractivity contribution in [2.75, 3.05) is 19.8 Å². The van der Waals surface area contributed by atoms with Crippen LogP contribution in [0.1, 0.15) is 29.3 Å². The number of fused-ring (bicyclic) bond motifs is 1. The Morgan fingerprint density at radius 1 is 1.14 bits per heavy atom. The summed E-state index contributed by atoms with van der Waals surface area (Å²) in [4.78, 5) is 29.9. The fourth-order valence-corrected chi connectivity index (χ4v) is 3.09. The SMILES string of the molecule is CCOc1ccc2[nH]c(=O)c(CN(CCCO)C(=O)c3ccccc3)cc2c1. The summed E-state index contributed by atoms with van der Waals surface area (Å²) >= 11 is 0. The first-order chi connectivity index (χ1) is 13.6. The van der Waals surface area contributed by atoms with Gasteiger partial charge in [-0.05, 0) is 49.7 Å². The molecule has 0 saturated heterocycles. The largest absolute Gasteiger partial charge is 0.494 e. The van der Waals surface area contributed by atoms with Crippen LogP contribution in [-0.4, -0.2) is 40.7 Å². The van der Waals surface area contributed by atoms with Gasteiger partial charge in [-0.25, -0.2) is 0 Å². The molecule has 0 unspecified atom stereocenters. The van der Waals surface area contributed by atoms with Crippen LogP contribution in [0, 0.1) is 0 Å². The maximum atomic E-state index is 12.9. The molecule has 1 amide bonds. The molecule has 0 aliphatic heterocycles. The van der Waals surface area contributed by atoms with E-state index in [-0.39, 0.29) is 24.6 Å². The van der Waals surface area contributed by atoms with Gasteiger partial charge in [0.1, 0.15) is 5.75 Å². The number of hydrogen-bond donors (Lipinski definition) is 2. The van der Waals surface area contributed by atoms with E-state index in [1.807, 2.05) is 31.2 Å². The van der Waals surface area contributed by atoms with E-state index in [4.69, 9.17) is 4.74 Å². The van der Waals surface area contributed by atoms with Gasteiger partial charge < -0.3 is 19.7 Å². The lowest BCUT2D eigenvalue weighted by Crippen LogP contribution is -2.34. The second-order valence-corrected chi connectivity index (χ2v) is 6.48. The number of nitrogens with zero attached hydrogens (tertiary/aromatic N) is 1. The highest BCUT2D eigenvalue weighted by Crippen LogP contribution is 2.20. The number of pyridine rings is 1. The monoisotopic (exact) mass is 380 g/mol. The number of benzene rings is 2. The zero-order valence-electron chi connectivity index (χ0n) is 15.9. The lowest BCUT2D eigenvalue weighted by Gasteiger charge is -2.22. The number of carbonyl (C=O) groups is 1. The molecule has 0 bridgehead atoms. The number of hydrogen-bond acceptors (Lipinski definition) is 4. The molecule has 1 aromatic heterocycles. The first-order valence-electron chi connectivity index (χ1n) is 9.36. The van der Waals surface area contributed by atoms with Crippen molar-refractivity contribution >= 4 is 16.8 Å². The first kappa shape index (κ1) is 19.6. The van der Waals surface area contributed by atoms with Crippen molar-refractivity contribution in [2.45, 2.75) is 19.9 Å². The molecular formula is C22H24N2O4. The second kappa shape index (κ2) is 9.19. The predicted molar refractivity (Wildman–Crippen MR) is 109 cm³/mol. The summed E-state index contributed by atoms with van der Waals surface area (Å²) < 4.78 is 5.53. The van der Waals surface area contributed by atoms with E-state index in [0.29, 0.717) is 36.2 Å². The van der Waals surface area contributed by atoms with Gasteiger partial charge in [-0.15, -0.1) is 0 Å². The van der Waals surface area contributed by atoms with Gasteiger partial charge in [0.05, 0.1) is 13.2 Å². The lowest BCUT2D eigenvalue weighted by molar-refractivity contribution is 0.0731. The van der Waals surface area contributed by atoms with E-state index in [2.05, 4.69) is 4.98 Å². The number of nitrogens with one attached hydrogen (secondary N) is 1. The zero-order valence-corrected chi connectivity index (χ0v) is 15.9. The third kappa shape index (κ3) is 4.58. The molecule has 0 saturated carbocycles. The van der Waals surface area contributed by atoms with Crippen LogP contribution in [0.3, 0.4) is 0 Å². The van der Waals surface area contributed by atoms with Crippen LogP contribution in [0.15, 0.2) is 59.4 Å². The van der Waals surface area contributed by atoms with Crippen LogP contribution in [0.5, 0.6) is 5.75 Å². The van der Waals surface area contributed by atoms with Gasteiger partial charge in [0.25, 0.3) is 11.5 Å². The maximum Gasteiger partial charge on any atom is 0.254 e. The summed E-state index contributed by atoms with van der Waals surface area (Å²) in [6.45, 7) is 2.97. The number of rotatable bonds is 8. The standard InChI is InChI=1S/C22H24N2O4/c1-2-28-19-9-10-20-17(14-19)13-18(21(26)23-20)15-24(11-6-12-25)22(27)16-7-4-3-5-8-16/h3-5,7-10,13-14,25H,2,6,11-12,15H2,1H3,(H,23,26). The van der Waals surface area contributed by atoms with Gasteiger partial charge in [0, 0.05) is 35.2 Å². The van der Waals surface area contributed by atoms with Crippen LogP contribution >= 0.6 is 0 Å². The highest BCUT2D eigenvalue weighted by Gasteiger charge is 2.17. The van der Waals surface area contributed by atoms with Crippen LogP contribution in [0.2, 0.25) is 0 Å². The zero-order chi connectivity index (χ0) is 19.9. The molecule has 0 spiro atoms. The molecule has 3 aromatic rings. The Bertz CT molecular complexity index is 998. The molecule has 6 heteroatoms. The summed E-state index contributed by atoms with van der Waals surface area (Å²) in [5.41, 5.74) is 1.53. The molecule has 6 nitrogen and oxygen atoms in total. The fraction of sp³-hybridized carbons (Fsp3) is 0.273. The minimum Gasteiger partial charge on any atom is -0.494 e. The third-order valence-corrected chi connectivity index (χ3v) is 4.46. The van der Waals surface area contributed by atoms with Crippen molar-refractivity contribution in [1.82, 2.24) is 9.88 Å². The Balaban J connectivity index is 1.92. The van der Waals surface area contributed by atoms with Gasteiger partial charge in [0.15, 0.2) is 0 Å². The first-order valence-corrected chi connectivity index (χ1v) is 9.36. The fourth-order valence-electron chi connectivity index (χ4n) is 3.09. The van der Waals surface area contributed by atoms with E-state index in [0.717, 1.165) is 11.1 Å². The summed E-state index contributed by atoms with van der Waals surface area (Å²) in [6, 6.07) is 16.2. The molecule has 28 heavy (non-hydrogen) atoms. The minimum absolute atomic E-state index is 0.0234. The lowest BCUT2D eigenvalue weighted by atomic mass is 10.1. The summed E-state index contributed by atoms with van der Waals surface area (Å²) in [5, 5.41) is 10.0. The van der Waals surface area contributed by atoms with Crippen molar-refractivity contribution in [1.29, 1.82) is 0 Å². The Hall–Kier alpha value is -3.12. The number of aromatic nitrogens is 1. The number of ether oxygens (including phenoxy) is 1. The minimum atomic E-state index is -0.230. The number of H-pyrrole nitrogens is 1. The molecule has 146 valence electrons. The molecule has 0 radical (unpaired) electrons. The molecule has 0 atom stereocenters. The Morgan fingerprint density at radius 2 is 1.93 bits per heavy atom. The number of aliphatic hydroxyl groups excluding tert-OH is 1. The molecule has 0 aliphatic rings. The normalized spacial score (nSPS) is 10.8. The predicted octanol–water partition coefficient (Wildman–Crippen LogP) is 2.95. The Labute approximate surface area is 163 Å². The van der Waals surface area contributed by atoms with Crippen molar-refractivity contribution < 1.29 is 14.6 Å². The third-order valence-electron chi connectivity index (χ3n) is 4.46. The number of aliphatic hydroxyl groups is 1. The van der Waals surface area contributed by atoms with Crippen LogP contribution in [-0.2, 0) is 6.54 Å². The van der Waals surface area contributed by atoms with Gasteiger partial charge in [0.2, 0.25) is 0 Å². The summed E-state index contributed by atoms with van der Waals surface area (Å²) in [7, 11) is 0. The molecule has 2 aromatic carbocycles. The summed E-state index contributed by atoms with van der Waals surface area (Å²) in [6.07, 6.45) is 0.443. The van der Waals surface area contributed by atoms with E-state index < -0.39 is 0 Å². The number of aromatic amines is 1. The topological polar surface area (TPSA) is 82.6 Å². The van der Waals surface area contributed by atoms with Crippen molar-refractivity contribution in [2.24, 2.45) is 0 Å². The van der Waals surface area contributed by atoms with E-state index in [1.165, 1.54) is 0 Å². The van der Waals surface area contributed by atoms with E-state index >= 15 is 0 Å². The highest BCUT2D eigenvalue weighted by molar-refractivity contribution is 5.94. The van der Waals surface area contributed by atoms with Crippen molar-refractivity contribution in [3.05, 3.63) is 76.1 Å². The Morgan fingerprint density at radius 3 is 2.64 bits per heavy atom. The quantitative estimate of drug-likeness (QED) is 0.629. The van der Waals surface area contributed by atoms with Crippen LogP contribution < -0.4 is 10.3 Å². The number of carbonyl (C=O) groups excluding carboxylic acids is 1. The average molecular weight is 380 g/mol. The molecule has 0 aliphatic carbocycles. The van der Waals surface area contributed by atoms with Gasteiger partial charge in [-0.1, -0.05) is 18.2 Å². The molecule has 0 fully saturated rings. The van der Waals surface area contributed by atoms with Gasteiger partial charge in [-0.3, -0.25) is 9.59 Å². The van der Waals surface area contributed by atoms with Gasteiger partial charge >= 0.3 is 0 Å². The number of amides is 1. The molecular weight excluding hydrogens is 356 g/mol. The molecule has 1 heterocycles. The van der Waals surface area contributed by atoms with E-state index in [9.17, 15) is 14.7 Å². The van der Waals surface area contributed by atoms with Crippen molar-refractivity contribution in [3.63, 3.8) is 0 Å². The highest BCUT2D eigenvalue weighted by atomic mass is 16.5. The van der Waals surface area contributed by atoms with Crippen LogP contribution in [0.25, 0.3) is 10.9 Å². The smallest absolute Gasteiger partial charge is 0.254 e. The van der Waals surface area contributed by atoms with Crippen molar-refractivity contribution in [3.8, 4) is 5.75 Å². The second-order valence-electron chi connectivity index (χ2n) is 6.48.